The molecule has 8 atom stereocenters. The number of allylic oxidation sites excluding steroid dienone is 4. The molecule has 0 radical (unpaired) electrons. The number of esters is 2. The number of amides is 1. The number of fused-ring (bicyclic) bond motifs is 5. The third-order valence-corrected chi connectivity index (χ3v) is 11.2. The number of rotatable bonds is 10. The smallest absolute Gasteiger partial charge is 0.328 e. The molecule has 4 aliphatic carbocycles. The Bertz CT molecular complexity index is 1470. The fourth-order valence-electron chi connectivity index (χ4n) is 8.81. The molecule has 1 amide bonds. The normalized spacial score (nSPS) is 33.5. The summed E-state index contributed by atoms with van der Waals surface area (Å²) in [6.07, 6.45) is 6.24. The van der Waals surface area contributed by atoms with E-state index in [1.54, 1.807) is 24.3 Å². The molecule has 0 heterocycles. The lowest BCUT2D eigenvalue weighted by Crippen LogP contribution is -2.61. The number of aromatic hydroxyl groups is 1. The van der Waals surface area contributed by atoms with E-state index in [2.05, 4.69) is 12.2 Å². The van der Waals surface area contributed by atoms with Crippen molar-refractivity contribution in [2.24, 2.45) is 28.6 Å². The van der Waals surface area contributed by atoms with Crippen molar-refractivity contribution in [3.63, 3.8) is 0 Å². The van der Waals surface area contributed by atoms with Crippen molar-refractivity contribution >= 4 is 29.4 Å². The Labute approximate surface area is 268 Å². The van der Waals surface area contributed by atoms with Gasteiger partial charge in [0, 0.05) is 29.6 Å². The molecule has 11 nitrogen and oxygen atoms in total. The van der Waals surface area contributed by atoms with Crippen molar-refractivity contribution in [3.05, 3.63) is 53.6 Å². The molecule has 11 heteroatoms. The van der Waals surface area contributed by atoms with Crippen molar-refractivity contribution in [2.75, 3.05) is 13.7 Å². The second kappa shape index (κ2) is 12.8. The molecule has 46 heavy (non-hydrogen) atoms. The van der Waals surface area contributed by atoms with Crippen molar-refractivity contribution < 1.29 is 48.8 Å². The van der Waals surface area contributed by atoms with Crippen LogP contribution in [-0.4, -0.2) is 76.2 Å². The number of ether oxygens (including phenoxy) is 2. The molecule has 1 aromatic carbocycles. The number of aliphatic hydroxyl groups excluding tert-OH is 1. The number of Topliss-reactive ketones (excluding diaryl/α,β-unsaturated/α-hetero) is 1. The summed E-state index contributed by atoms with van der Waals surface area (Å²) in [5.74, 6) is -2.83. The summed E-state index contributed by atoms with van der Waals surface area (Å²) in [5, 5.41) is 35.4. The second-order valence-corrected chi connectivity index (χ2v) is 13.7. The Morgan fingerprint density at radius 1 is 1.09 bits per heavy atom. The van der Waals surface area contributed by atoms with Gasteiger partial charge in [0.15, 0.2) is 12.4 Å². The maximum atomic E-state index is 13.5. The molecule has 0 saturated heterocycles. The van der Waals surface area contributed by atoms with Crippen molar-refractivity contribution in [1.82, 2.24) is 5.32 Å². The van der Waals surface area contributed by atoms with Gasteiger partial charge in [-0.25, -0.2) is 4.79 Å². The van der Waals surface area contributed by atoms with Gasteiger partial charge in [0.05, 0.1) is 19.6 Å². The molecule has 248 valence electrons. The Morgan fingerprint density at radius 2 is 1.80 bits per heavy atom. The van der Waals surface area contributed by atoms with Crippen molar-refractivity contribution in [2.45, 2.75) is 83.0 Å². The third kappa shape index (κ3) is 6.02. The molecule has 4 N–H and O–H groups in total. The summed E-state index contributed by atoms with van der Waals surface area (Å²) in [4.78, 5) is 62.9. The molecule has 0 spiro atoms. The number of phenolic OH excluding ortho intramolecular Hbond substituents is 1. The summed E-state index contributed by atoms with van der Waals surface area (Å²) < 4.78 is 10.00. The lowest BCUT2D eigenvalue weighted by Gasteiger charge is -2.59. The van der Waals surface area contributed by atoms with Gasteiger partial charge in [-0.15, -0.1) is 0 Å². The predicted molar refractivity (Wildman–Crippen MR) is 164 cm³/mol. The highest BCUT2D eigenvalue weighted by atomic mass is 16.5. The maximum absolute atomic E-state index is 13.5. The van der Waals surface area contributed by atoms with Crippen molar-refractivity contribution in [3.8, 4) is 5.75 Å². The van der Waals surface area contributed by atoms with E-state index < -0.39 is 58.8 Å². The largest absolute Gasteiger partial charge is 0.508 e. The molecule has 0 unspecified atom stereocenters. The summed E-state index contributed by atoms with van der Waals surface area (Å²) in [6, 6.07) is 5.12. The highest BCUT2D eigenvalue weighted by Crippen LogP contribution is 2.67. The highest BCUT2D eigenvalue weighted by Gasteiger charge is 2.68. The fourth-order valence-corrected chi connectivity index (χ4v) is 8.81. The number of phenols is 1. The minimum Gasteiger partial charge on any atom is -0.508 e. The van der Waals surface area contributed by atoms with Crippen LogP contribution in [0.3, 0.4) is 0 Å². The Hall–Kier alpha value is -3.83. The van der Waals surface area contributed by atoms with E-state index in [4.69, 9.17) is 9.47 Å². The number of hydrogen-bond acceptors (Lipinski definition) is 10. The van der Waals surface area contributed by atoms with Crippen LogP contribution in [0, 0.1) is 28.6 Å². The third-order valence-electron chi connectivity index (χ3n) is 11.2. The van der Waals surface area contributed by atoms with E-state index in [0.717, 1.165) is 12.0 Å². The van der Waals surface area contributed by atoms with Crippen LogP contribution in [0.1, 0.15) is 64.4 Å². The fraction of sp³-hybridized carbons (Fsp3) is 0.571. The van der Waals surface area contributed by atoms with E-state index >= 15 is 0 Å². The summed E-state index contributed by atoms with van der Waals surface area (Å²) >= 11 is 0. The zero-order chi connectivity index (χ0) is 33.4. The average molecular weight is 638 g/mol. The topological polar surface area (TPSA) is 177 Å². The first-order chi connectivity index (χ1) is 21.7. The second-order valence-electron chi connectivity index (χ2n) is 13.7. The Balaban J connectivity index is 1.16. The molecule has 0 aliphatic heterocycles. The number of hydrogen-bond donors (Lipinski definition) is 4. The summed E-state index contributed by atoms with van der Waals surface area (Å²) in [5.41, 5.74) is -1.49. The lowest BCUT2D eigenvalue weighted by molar-refractivity contribution is -0.181. The van der Waals surface area contributed by atoms with Crippen LogP contribution in [0.2, 0.25) is 0 Å². The minimum atomic E-state index is -1.79. The standard InChI is InChI=1S/C35H43NO10/c1-33-14-12-23(38)17-21(33)6-9-24-25-13-15-35(44,34(25,2)18-27(39)31(24)33)28(40)19-46-30(42)11-10-29(41)36-26(32(43)45-3)16-20-4-7-22(37)8-5-20/h4-5,7-8,12,14,17,24-27,31,37,39,44H,6,9-11,13,15-16,18-19H2,1-3H3,(H,36,41)/t24-,25-,26+,27+,31+,33-,34-,35+/m0/s1. The average Bonchev–Trinajstić information content (AvgIpc) is 3.29. The van der Waals surface area contributed by atoms with E-state index in [0.29, 0.717) is 18.4 Å². The van der Waals surface area contributed by atoms with Gasteiger partial charge in [-0.05, 0) is 73.8 Å². The number of carbonyl (C=O) groups excluding carboxylic acids is 5. The maximum Gasteiger partial charge on any atom is 0.328 e. The van der Waals surface area contributed by atoms with Gasteiger partial charge in [-0.2, -0.15) is 0 Å². The van der Waals surface area contributed by atoms with Gasteiger partial charge in [0.25, 0.3) is 0 Å². The SMILES string of the molecule is COC(=O)[C@@H](Cc1ccc(O)cc1)NC(=O)CCC(=O)OCC(=O)[C@]1(O)CC[C@H]2[C@@H]3CCC4=CC(=O)C=C[C@]4(C)[C@H]3[C@H](O)C[C@@]21C. The van der Waals surface area contributed by atoms with Gasteiger partial charge in [-0.1, -0.05) is 37.6 Å². The molecular formula is C35H43NO10. The molecular weight excluding hydrogens is 594 g/mol. The molecule has 0 bridgehead atoms. The van der Waals surface area contributed by atoms with Crippen LogP contribution in [0.15, 0.2) is 48.1 Å². The molecule has 1 aromatic rings. The van der Waals surface area contributed by atoms with E-state index in [1.807, 2.05) is 13.0 Å². The Kier molecular flexibility index (Phi) is 9.30. The number of benzene rings is 1. The summed E-state index contributed by atoms with van der Waals surface area (Å²) in [6.45, 7) is 3.24. The van der Waals surface area contributed by atoms with Crippen LogP contribution in [0.4, 0.5) is 0 Å². The van der Waals surface area contributed by atoms with Crippen LogP contribution in [-0.2, 0) is 39.9 Å². The van der Waals surface area contributed by atoms with Gasteiger partial charge in [-0.3, -0.25) is 19.2 Å². The minimum absolute atomic E-state index is 0.0389. The molecule has 5 rings (SSSR count). The van der Waals surface area contributed by atoms with Crippen LogP contribution < -0.4 is 5.32 Å². The zero-order valence-corrected chi connectivity index (χ0v) is 26.5. The van der Waals surface area contributed by atoms with E-state index in [-0.39, 0.29) is 61.4 Å². The van der Waals surface area contributed by atoms with Gasteiger partial charge in [0.1, 0.15) is 17.4 Å². The quantitative estimate of drug-likeness (QED) is 0.279. The van der Waals surface area contributed by atoms with Gasteiger partial charge in [0.2, 0.25) is 11.7 Å². The first-order valence-corrected chi connectivity index (χ1v) is 15.9. The van der Waals surface area contributed by atoms with Crippen LogP contribution in [0.25, 0.3) is 0 Å². The molecule has 3 fully saturated rings. The predicted octanol–water partition coefficient (Wildman–Crippen LogP) is 2.49. The first kappa shape index (κ1) is 33.5. The lowest BCUT2D eigenvalue weighted by atomic mass is 9.46. The Morgan fingerprint density at radius 3 is 2.50 bits per heavy atom. The van der Waals surface area contributed by atoms with Crippen LogP contribution in [0.5, 0.6) is 5.75 Å². The number of aliphatic hydroxyl groups is 2. The number of methoxy groups -OCH3 is 1. The first-order valence-electron chi connectivity index (χ1n) is 15.9. The van der Waals surface area contributed by atoms with Gasteiger partial charge >= 0.3 is 11.9 Å². The molecule has 0 aromatic heterocycles. The van der Waals surface area contributed by atoms with Crippen LogP contribution >= 0.6 is 0 Å². The summed E-state index contributed by atoms with van der Waals surface area (Å²) in [7, 11) is 1.19. The number of carbonyl (C=O) groups is 5. The number of nitrogens with one attached hydrogen (secondary N) is 1. The van der Waals surface area contributed by atoms with Gasteiger partial charge < -0.3 is 30.1 Å². The van der Waals surface area contributed by atoms with E-state index in [1.165, 1.54) is 19.2 Å². The molecule has 4 aliphatic rings. The molecule has 3 saturated carbocycles. The van der Waals surface area contributed by atoms with E-state index in [9.17, 15) is 39.3 Å². The zero-order valence-electron chi connectivity index (χ0n) is 26.5. The monoisotopic (exact) mass is 637 g/mol. The van der Waals surface area contributed by atoms with Crippen molar-refractivity contribution in [1.29, 1.82) is 0 Å². The number of ketones is 2. The highest BCUT2D eigenvalue weighted by molar-refractivity contribution is 6.01.